The fraction of sp³-hybridized carbons (Fsp3) is 0.278. The lowest BCUT2D eigenvalue weighted by molar-refractivity contribution is -0.122. The van der Waals surface area contributed by atoms with Crippen molar-refractivity contribution in [2.75, 3.05) is 7.11 Å². The quantitative estimate of drug-likeness (QED) is 0.695. The molecule has 0 bridgehead atoms. The van der Waals surface area contributed by atoms with E-state index < -0.39 is 5.97 Å². The summed E-state index contributed by atoms with van der Waals surface area (Å²) in [4.78, 5) is 31.8. The Morgan fingerprint density at radius 3 is 3.04 bits per heavy atom. The van der Waals surface area contributed by atoms with Gasteiger partial charge in [-0.05, 0) is 36.1 Å². The minimum Gasteiger partial charge on any atom is -0.497 e. The molecule has 0 aliphatic heterocycles. The smallest absolute Gasteiger partial charge is 0.338 e. The van der Waals surface area contributed by atoms with E-state index in [1.165, 1.54) is 16.9 Å². The highest BCUT2D eigenvalue weighted by Crippen LogP contribution is 2.35. The molecular formula is C18H17N5O4. The van der Waals surface area contributed by atoms with Crippen molar-refractivity contribution in [3.63, 3.8) is 0 Å². The van der Waals surface area contributed by atoms with Crippen LogP contribution in [0.5, 0.6) is 5.75 Å². The Morgan fingerprint density at radius 2 is 2.26 bits per heavy atom. The van der Waals surface area contributed by atoms with Gasteiger partial charge in [-0.1, -0.05) is 6.07 Å². The van der Waals surface area contributed by atoms with Crippen LogP contribution in [0.3, 0.4) is 0 Å². The number of fused-ring (bicyclic) bond motifs is 2. The summed E-state index contributed by atoms with van der Waals surface area (Å²) in [5, 5.41) is 16.0. The number of methoxy groups -OCH3 is 1. The van der Waals surface area contributed by atoms with Gasteiger partial charge in [0.05, 0.1) is 25.1 Å². The number of carboxylic acids is 1. The van der Waals surface area contributed by atoms with Gasteiger partial charge in [0, 0.05) is 12.4 Å². The number of carbonyl (C=O) groups is 2. The Bertz CT molecular complexity index is 1050. The zero-order chi connectivity index (χ0) is 19.0. The van der Waals surface area contributed by atoms with Crippen LogP contribution in [0, 0.1) is 0 Å². The summed E-state index contributed by atoms with van der Waals surface area (Å²) < 4.78 is 6.55. The van der Waals surface area contributed by atoms with E-state index >= 15 is 0 Å². The number of aromatic carboxylic acids is 1. The van der Waals surface area contributed by atoms with Crippen LogP contribution < -0.4 is 10.1 Å². The molecule has 138 valence electrons. The number of carboxylic acid groups (broad SMARTS) is 1. The summed E-state index contributed by atoms with van der Waals surface area (Å²) in [6.07, 6.45) is 4.16. The number of aryl methyl sites for hydroxylation is 1. The molecule has 9 heteroatoms. The van der Waals surface area contributed by atoms with E-state index in [2.05, 4.69) is 20.4 Å². The maximum Gasteiger partial charge on any atom is 0.338 e. The molecule has 0 radical (unpaired) electrons. The van der Waals surface area contributed by atoms with Gasteiger partial charge in [0.25, 0.3) is 5.78 Å². The standard InChI is InChI=1S/C18H17N5O4/c1-27-12-4-2-10-3-5-13(14(10)6-12)16(24)19-8-15-21-18-20-7-11(17(25)26)9-23(18)22-15/h2,4,6-7,9,13H,3,5,8H2,1H3,(H,19,24)(H,25,26). The SMILES string of the molecule is COc1ccc2c(c1)C(C(=O)NCc1nc3ncc(C(=O)O)cn3n1)CC2. The number of carbonyl (C=O) groups excluding carboxylic acids is 1. The first kappa shape index (κ1) is 17.0. The molecule has 2 aromatic heterocycles. The van der Waals surface area contributed by atoms with E-state index in [1.54, 1.807) is 7.11 Å². The number of hydrogen-bond donors (Lipinski definition) is 2. The van der Waals surface area contributed by atoms with Gasteiger partial charge < -0.3 is 15.2 Å². The molecule has 1 unspecified atom stereocenters. The number of nitrogens with one attached hydrogen (secondary N) is 1. The van der Waals surface area contributed by atoms with E-state index in [0.29, 0.717) is 5.82 Å². The highest BCUT2D eigenvalue weighted by atomic mass is 16.5. The Labute approximate surface area is 154 Å². The van der Waals surface area contributed by atoms with Crippen LogP contribution in [0.4, 0.5) is 0 Å². The molecule has 2 N–H and O–H groups in total. The molecule has 2 heterocycles. The number of ether oxygens (including phenoxy) is 1. The number of rotatable bonds is 5. The summed E-state index contributed by atoms with van der Waals surface area (Å²) in [6, 6.07) is 5.81. The van der Waals surface area contributed by atoms with Gasteiger partial charge in [0.1, 0.15) is 5.75 Å². The minimum atomic E-state index is -1.09. The van der Waals surface area contributed by atoms with E-state index in [-0.39, 0.29) is 29.7 Å². The van der Waals surface area contributed by atoms with Crippen molar-refractivity contribution in [3.05, 3.63) is 53.1 Å². The summed E-state index contributed by atoms with van der Waals surface area (Å²) in [7, 11) is 1.60. The zero-order valence-corrected chi connectivity index (χ0v) is 14.5. The molecule has 0 spiro atoms. The average Bonchev–Trinajstić information content (AvgIpc) is 3.28. The zero-order valence-electron chi connectivity index (χ0n) is 14.5. The molecule has 1 aliphatic rings. The lowest BCUT2D eigenvalue weighted by Crippen LogP contribution is -2.28. The molecule has 0 fully saturated rings. The highest BCUT2D eigenvalue weighted by Gasteiger charge is 2.29. The Balaban J connectivity index is 1.47. The summed E-state index contributed by atoms with van der Waals surface area (Å²) >= 11 is 0. The molecule has 0 saturated heterocycles. The van der Waals surface area contributed by atoms with E-state index in [1.807, 2.05) is 18.2 Å². The Morgan fingerprint density at radius 1 is 1.41 bits per heavy atom. The van der Waals surface area contributed by atoms with Gasteiger partial charge in [-0.3, -0.25) is 4.79 Å². The fourth-order valence-electron chi connectivity index (χ4n) is 3.28. The first-order valence-corrected chi connectivity index (χ1v) is 8.44. The predicted octanol–water partition coefficient (Wildman–Crippen LogP) is 1.18. The van der Waals surface area contributed by atoms with Crippen LogP contribution in [0.25, 0.3) is 5.78 Å². The number of amides is 1. The van der Waals surface area contributed by atoms with Crippen molar-refractivity contribution in [2.45, 2.75) is 25.3 Å². The fourth-order valence-corrected chi connectivity index (χ4v) is 3.28. The number of benzene rings is 1. The second-order valence-corrected chi connectivity index (χ2v) is 6.29. The molecule has 1 amide bonds. The van der Waals surface area contributed by atoms with Gasteiger partial charge >= 0.3 is 5.97 Å². The van der Waals surface area contributed by atoms with Crippen LogP contribution in [0.1, 0.15) is 39.6 Å². The molecule has 1 atom stereocenters. The molecule has 1 aromatic carbocycles. The normalized spacial score (nSPS) is 15.5. The number of nitrogens with zero attached hydrogens (tertiary/aromatic N) is 4. The lowest BCUT2D eigenvalue weighted by Gasteiger charge is -2.12. The van der Waals surface area contributed by atoms with Crippen LogP contribution in [0.15, 0.2) is 30.6 Å². The van der Waals surface area contributed by atoms with Crippen molar-refractivity contribution in [3.8, 4) is 5.75 Å². The first-order valence-electron chi connectivity index (χ1n) is 8.44. The second-order valence-electron chi connectivity index (χ2n) is 6.29. The van der Waals surface area contributed by atoms with E-state index in [4.69, 9.17) is 9.84 Å². The third-order valence-electron chi connectivity index (χ3n) is 4.65. The van der Waals surface area contributed by atoms with Gasteiger partial charge in [-0.25, -0.2) is 14.3 Å². The third kappa shape index (κ3) is 3.19. The molecule has 0 saturated carbocycles. The van der Waals surface area contributed by atoms with Gasteiger partial charge in [0.2, 0.25) is 5.91 Å². The van der Waals surface area contributed by atoms with Gasteiger partial charge in [-0.15, -0.1) is 5.10 Å². The molecular weight excluding hydrogens is 350 g/mol. The van der Waals surface area contributed by atoms with Crippen molar-refractivity contribution in [1.29, 1.82) is 0 Å². The van der Waals surface area contributed by atoms with Crippen molar-refractivity contribution in [2.24, 2.45) is 0 Å². The summed E-state index contributed by atoms with van der Waals surface area (Å²) in [5.74, 6) is -0.0489. The summed E-state index contributed by atoms with van der Waals surface area (Å²) in [6.45, 7) is 0.139. The maximum absolute atomic E-state index is 12.6. The molecule has 1 aliphatic carbocycles. The first-order chi connectivity index (χ1) is 13.0. The second kappa shape index (κ2) is 6.67. The van der Waals surface area contributed by atoms with Gasteiger partial charge in [-0.2, -0.15) is 4.98 Å². The van der Waals surface area contributed by atoms with E-state index in [9.17, 15) is 9.59 Å². The van der Waals surface area contributed by atoms with Crippen molar-refractivity contribution < 1.29 is 19.4 Å². The Hall–Kier alpha value is -3.49. The largest absolute Gasteiger partial charge is 0.497 e. The average molecular weight is 367 g/mol. The number of aromatic nitrogens is 4. The van der Waals surface area contributed by atoms with E-state index in [0.717, 1.165) is 29.7 Å². The molecule has 27 heavy (non-hydrogen) atoms. The Kier molecular flexibility index (Phi) is 4.19. The number of hydrogen-bond acceptors (Lipinski definition) is 6. The van der Waals surface area contributed by atoms with Crippen LogP contribution in [-0.2, 0) is 17.8 Å². The molecule has 9 nitrogen and oxygen atoms in total. The van der Waals surface area contributed by atoms with Crippen LogP contribution in [0.2, 0.25) is 0 Å². The maximum atomic E-state index is 12.6. The van der Waals surface area contributed by atoms with Crippen molar-refractivity contribution in [1.82, 2.24) is 24.9 Å². The summed E-state index contributed by atoms with van der Waals surface area (Å²) in [5.41, 5.74) is 2.16. The monoisotopic (exact) mass is 367 g/mol. The van der Waals surface area contributed by atoms with Crippen molar-refractivity contribution >= 4 is 17.7 Å². The predicted molar refractivity (Wildman–Crippen MR) is 93.6 cm³/mol. The minimum absolute atomic E-state index is 0.0134. The highest BCUT2D eigenvalue weighted by molar-refractivity contribution is 5.87. The molecule has 4 rings (SSSR count). The lowest BCUT2D eigenvalue weighted by atomic mass is 10.0. The van der Waals surface area contributed by atoms with Gasteiger partial charge in [0.15, 0.2) is 5.82 Å². The topological polar surface area (TPSA) is 119 Å². The van der Waals surface area contributed by atoms with Crippen LogP contribution in [-0.4, -0.2) is 43.7 Å². The third-order valence-corrected chi connectivity index (χ3v) is 4.65. The molecule has 3 aromatic rings. The van der Waals surface area contributed by atoms with Crippen LogP contribution >= 0.6 is 0 Å².